The molecule has 1 fully saturated rings. The molecule has 2 N–H and O–H groups in total. The summed E-state index contributed by atoms with van der Waals surface area (Å²) >= 11 is 0. The predicted octanol–water partition coefficient (Wildman–Crippen LogP) is 0.502. The van der Waals surface area contributed by atoms with Crippen molar-refractivity contribution < 1.29 is 19.5 Å². The maximum atomic E-state index is 12.0. The second kappa shape index (κ2) is 6.21. The molecular weight excluding hydrogens is 262 g/mol. The minimum Gasteiger partial charge on any atom is -0.480 e. The lowest BCUT2D eigenvalue weighted by Gasteiger charge is -2.28. The second-order valence-electron chi connectivity index (χ2n) is 5.63. The minimum absolute atomic E-state index is 0.0832. The number of carbonyl (C=O) groups excluding carboxylic acids is 2. The fraction of sp³-hybridized carbons (Fsp3) is 0.769. The summed E-state index contributed by atoms with van der Waals surface area (Å²) in [7, 11) is 0. The molecule has 1 unspecified atom stereocenters. The number of aliphatic carboxylic acids is 1. The molecule has 1 aliphatic rings. The van der Waals surface area contributed by atoms with Crippen LogP contribution >= 0.6 is 0 Å². The molecule has 7 heteroatoms. The number of hydrogen-bond acceptors (Lipinski definition) is 4. The van der Waals surface area contributed by atoms with Gasteiger partial charge in [-0.1, -0.05) is 6.92 Å². The molecule has 0 bridgehead atoms. The Labute approximate surface area is 118 Å². The van der Waals surface area contributed by atoms with Crippen LogP contribution in [0.2, 0.25) is 0 Å². The van der Waals surface area contributed by atoms with E-state index in [1.807, 2.05) is 13.8 Å². The molecule has 0 radical (unpaired) electrons. The van der Waals surface area contributed by atoms with Crippen LogP contribution in [0, 0.1) is 0 Å². The van der Waals surface area contributed by atoms with E-state index in [1.165, 1.54) is 0 Å². The highest BCUT2D eigenvalue weighted by Gasteiger charge is 2.44. The summed E-state index contributed by atoms with van der Waals surface area (Å²) < 4.78 is 0. The first-order valence-corrected chi connectivity index (χ1v) is 6.79. The Kier molecular flexibility index (Phi) is 5.10. The van der Waals surface area contributed by atoms with Crippen molar-refractivity contribution in [1.29, 1.82) is 0 Å². The Morgan fingerprint density at radius 1 is 1.45 bits per heavy atom. The zero-order valence-corrected chi connectivity index (χ0v) is 12.5. The Balaban J connectivity index is 2.66. The first-order chi connectivity index (χ1) is 9.19. The third-order valence-corrected chi connectivity index (χ3v) is 3.61. The summed E-state index contributed by atoms with van der Waals surface area (Å²) in [5, 5.41) is 11.5. The van der Waals surface area contributed by atoms with Crippen LogP contribution in [0.3, 0.4) is 0 Å². The SMILES string of the molecule is CCC(C)N(CCN1C(=O)NC(C)(C)C1=O)CC(=O)O. The lowest BCUT2D eigenvalue weighted by Crippen LogP contribution is -2.45. The largest absolute Gasteiger partial charge is 0.480 e. The molecule has 1 saturated heterocycles. The van der Waals surface area contributed by atoms with Crippen molar-refractivity contribution in [3.63, 3.8) is 0 Å². The van der Waals surface area contributed by atoms with Crippen LogP contribution in [-0.4, -0.2) is 64.0 Å². The summed E-state index contributed by atoms with van der Waals surface area (Å²) in [5.74, 6) is -1.19. The van der Waals surface area contributed by atoms with Crippen molar-refractivity contribution in [2.24, 2.45) is 0 Å². The number of carbonyl (C=O) groups is 3. The lowest BCUT2D eigenvalue weighted by molar-refractivity contribution is -0.138. The molecule has 0 spiro atoms. The summed E-state index contributed by atoms with van der Waals surface area (Å²) in [6.07, 6.45) is 0.804. The van der Waals surface area contributed by atoms with Gasteiger partial charge in [-0.15, -0.1) is 0 Å². The van der Waals surface area contributed by atoms with Gasteiger partial charge in [-0.2, -0.15) is 0 Å². The van der Waals surface area contributed by atoms with Gasteiger partial charge in [-0.3, -0.25) is 19.4 Å². The number of nitrogens with one attached hydrogen (secondary N) is 1. The summed E-state index contributed by atoms with van der Waals surface area (Å²) in [6, 6.07) is -0.334. The van der Waals surface area contributed by atoms with E-state index in [2.05, 4.69) is 5.32 Å². The van der Waals surface area contributed by atoms with Crippen LogP contribution in [-0.2, 0) is 9.59 Å². The number of rotatable bonds is 7. The molecule has 3 amide bonds. The fourth-order valence-electron chi connectivity index (χ4n) is 2.14. The third-order valence-electron chi connectivity index (χ3n) is 3.61. The number of imide groups is 1. The normalized spacial score (nSPS) is 19.4. The van der Waals surface area contributed by atoms with E-state index in [-0.39, 0.29) is 25.0 Å². The van der Waals surface area contributed by atoms with Crippen LogP contribution in [0.5, 0.6) is 0 Å². The van der Waals surface area contributed by atoms with Gasteiger partial charge >= 0.3 is 12.0 Å². The van der Waals surface area contributed by atoms with Crippen LogP contribution in [0.1, 0.15) is 34.1 Å². The molecule has 0 aliphatic carbocycles. The van der Waals surface area contributed by atoms with Crippen LogP contribution < -0.4 is 5.32 Å². The summed E-state index contributed by atoms with van der Waals surface area (Å²) in [5.41, 5.74) is -0.884. The molecule has 0 saturated carbocycles. The lowest BCUT2D eigenvalue weighted by atomic mass is 10.1. The van der Waals surface area contributed by atoms with Gasteiger partial charge in [0.25, 0.3) is 5.91 Å². The first-order valence-electron chi connectivity index (χ1n) is 6.79. The number of urea groups is 1. The fourth-order valence-corrected chi connectivity index (χ4v) is 2.14. The smallest absolute Gasteiger partial charge is 0.325 e. The van der Waals surface area contributed by atoms with Crippen LogP contribution in [0.4, 0.5) is 4.79 Å². The highest BCUT2D eigenvalue weighted by Crippen LogP contribution is 2.16. The maximum Gasteiger partial charge on any atom is 0.325 e. The van der Waals surface area contributed by atoms with E-state index in [0.29, 0.717) is 6.54 Å². The van der Waals surface area contributed by atoms with Gasteiger partial charge in [0.15, 0.2) is 0 Å². The zero-order chi connectivity index (χ0) is 15.5. The average Bonchev–Trinajstić information content (AvgIpc) is 2.53. The monoisotopic (exact) mass is 285 g/mol. The van der Waals surface area contributed by atoms with E-state index in [1.54, 1.807) is 18.7 Å². The number of nitrogens with zero attached hydrogens (tertiary/aromatic N) is 2. The van der Waals surface area contributed by atoms with Crippen molar-refractivity contribution in [2.75, 3.05) is 19.6 Å². The number of hydrogen-bond donors (Lipinski definition) is 2. The molecule has 1 atom stereocenters. The summed E-state index contributed by atoms with van der Waals surface area (Å²) in [4.78, 5) is 37.5. The van der Waals surface area contributed by atoms with E-state index in [9.17, 15) is 14.4 Å². The molecule has 0 aromatic rings. The predicted molar refractivity (Wildman–Crippen MR) is 73.3 cm³/mol. The van der Waals surface area contributed by atoms with Crippen LogP contribution in [0.15, 0.2) is 0 Å². The van der Waals surface area contributed by atoms with Crippen molar-refractivity contribution in [3.8, 4) is 0 Å². The van der Waals surface area contributed by atoms with Gasteiger partial charge in [0.05, 0.1) is 6.54 Å². The van der Waals surface area contributed by atoms with E-state index >= 15 is 0 Å². The topological polar surface area (TPSA) is 90.0 Å². The number of amides is 3. The van der Waals surface area contributed by atoms with Crippen molar-refractivity contribution in [3.05, 3.63) is 0 Å². The molecular formula is C13H23N3O4. The quantitative estimate of drug-likeness (QED) is 0.665. The Morgan fingerprint density at radius 3 is 2.45 bits per heavy atom. The number of carboxylic acids is 1. The number of carboxylic acid groups (broad SMARTS) is 1. The van der Waals surface area contributed by atoms with E-state index in [4.69, 9.17) is 5.11 Å². The zero-order valence-electron chi connectivity index (χ0n) is 12.5. The highest BCUT2D eigenvalue weighted by molar-refractivity contribution is 6.06. The van der Waals surface area contributed by atoms with E-state index < -0.39 is 17.5 Å². The van der Waals surface area contributed by atoms with Gasteiger partial charge in [0.1, 0.15) is 5.54 Å². The Hall–Kier alpha value is -1.63. The van der Waals surface area contributed by atoms with Gasteiger partial charge in [-0.05, 0) is 27.2 Å². The molecule has 1 aliphatic heterocycles. The molecule has 114 valence electrons. The molecule has 0 aromatic carbocycles. The van der Waals surface area contributed by atoms with Crippen molar-refractivity contribution >= 4 is 17.9 Å². The second-order valence-corrected chi connectivity index (χ2v) is 5.63. The Bertz CT molecular complexity index is 408. The highest BCUT2D eigenvalue weighted by atomic mass is 16.4. The summed E-state index contributed by atoms with van der Waals surface area (Å²) in [6.45, 7) is 7.66. The van der Waals surface area contributed by atoms with Crippen molar-refractivity contribution in [1.82, 2.24) is 15.1 Å². The third kappa shape index (κ3) is 3.69. The first kappa shape index (κ1) is 16.4. The average molecular weight is 285 g/mol. The maximum absolute atomic E-state index is 12.0. The van der Waals surface area contributed by atoms with Gasteiger partial charge < -0.3 is 10.4 Å². The molecule has 7 nitrogen and oxygen atoms in total. The van der Waals surface area contributed by atoms with Gasteiger partial charge in [0.2, 0.25) is 0 Å². The minimum atomic E-state index is -0.914. The Morgan fingerprint density at radius 2 is 2.05 bits per heavy atom. The van der Waals surface area contributed by atoms with E-state index in [0.717, 1.165) is 11.3 Å². The molecule has 1 rings (SSSR count). The van der Waals surface area contributed by atoms with Crippen molar-refractivity contribution in [2.45, 2.75) is 45.7 Å². The molecule has 0 aromatic heterocycles. The van der Waals surface area contributed by atoms with Gasteiger partial charge in [0, 0.05) is 19.1 Å². The standard InChI is InChI=1S/C13H23N3O4/c1-5-9(2)15(8-10(17)18)6-7-16-11(19)13(3,4)14-12(16)20/h9H,5-8H2,1-4H3,(H,14,20)(H,17,18). The molecule has 1 heterocycles. The van der Waals surface area contributed by atoms with Crippen LogP contribution in [0.25, 0.3) is 0 Å². The van der Waals surface area contributed by atoms with Gasteiger partial charge in [-0.25, -0.2) is 4.79 Å². The molecule has 20 heavy (non-hydrogen) atoms.